The van der Waals surface area contributed by atoms with Gasteiger partial charge in [-0.05, 0) is 42.8 Å². The van der Waals surface area contributed by atoms with Gasteiger partial charge in [0.15, 0.2) is 18.1 Å². The fourth-order valence-electron chi connectivity index (χ4n) is 2.18. The van der Waals surface area contributed by atoms with Crippen LogP contribution in [0.1, 0.15) is 15.9 Å². The van der Waals surface area contributed by atoms with Crippen LogP contribution in [0.4, 0.5) is 5.69 Å². The molecule has 1 amide bonds. The lowest BCUT2D eigenvalue weighted by molar-refractivity contribution is -0.119. The van der Waals surface area contributed by atoms with Gasteiger partial charge in [0.05, 0.1) is 14.2 Å². The van der Waals surface area contributed by atoms with Gasteiger partial charge in [-0.25, -0.2) is 4.79 Å². The summed E-state index contributed by atoms with van der Waals surface area (Å²) < 4.78 is 16.3. The maximum absolute atomic E-state index is 12.2. The lowest BCUT2D eigenvalue weighted by atomic mass is 10.2. The highest BCUT2D eigenvalue weighted by Gasteiger charge is 2.18. The second-order valence-corrected chi connectivity index (χ2v) is 5.98. The van der Waals surface area contributed by atoms with Gasteiger partial charge in [0.1, 0.15) is 5.56 Å². The molecule has 0 aliphatic heterocycles. The van der Waals surface area contributed by atoms with E-state index in [9.17, 15) is 9.59 Å². The van der Waals surface area contributed by atoms with Gasteiger partial charge in [-0.3, -0.25) is 4.79 Å². The smallest absolute Gasteiger partial charge is 0.342 e. The van der Waals surface area contributed by atoms with Gasteiger partial charge >= 0.3 is 5.97 Å². The molecule has 0 radical (unpaired) electrons. The number of methoxy groups -OCH3 is 2. The zero-order chi connectivity index (χ0) is 18.4. The van der Waals surface area contributed by atoms with E-state index in [4.69, 9.17) is 14.2 Å². The SMILES string of the molecule is COc1cccc(C(=O)OCC(=O)Nc2ccc(Br)c(C)c2)c1OC. The number of carbonyl (C=O) groups excluding carboxylic acids is 2. The largest absolute Gasteiger partial charge is 0.493 e. The number of aryl methyl sites for hydroxylation is 1. The van der Waals surface area contributed by atoms with Crippen LogP contribution in [0.5, 0.6) is 11.5 Å². The predicted octanol–water partition coefficient (Wildman–Crippen LogP) is 3.57. The van der Waals surface area contributed by atoms with E-state index in [1.54, 1.807) is 24.3 Å². The first kappa shape index (κ1) is 18.8. The summed E-state index contributed by atoms with van der Waals surface area (Å²) in [6.45, 7) is 1.50. The average molecular weight is 408 g/mol. The van der Waals surface area contributed by atoms with Crippen LogP contribution in [0.15, 0.2) is 40.9 Å². The number of para-hydroxylation sites is 1. The summed E-state index contributed by atoms with van der Waals surface area (Å²) in [5, 5.41) is 2.68. The Kier molecular flexibility index (Phi) is 6.41. The van der Waals surface area contributed by atoms with Gasteiger partial charge in [-0.15, -0.1) is 0 Å². The Bertz CT molecular complexity index is 791. The van der Waals surface area contributed by atoms with E-state index < -0.39 is 18.5 Å². The molecule has 2 aromatic rings. The molecule has 0 unspecified atom stereocenters. The summed E-state index contributed by atoms with van der Waals surface area (Å²) in [6.07, 6.45) is 0. The number of carbonyl (C=O) groups is 2. The summed E-state index contributed by atoms with van der Waals surface area (Å²) >= 11 is 3.39. The molecule has 0 saturated carbocycles. The van der Waals surface area contributed by atoms with E-state index in [2.05, 4.69) is 21.2 Å². The van der Waals surface area contributed by atoms with Crippen LogP contribution in [0.3, 0.4) is 0 Å². The van der Waals surface area contributed by atoms with Crippen LogP contribution < -0.4 is 14.8 Å². The van der Waals surface area contributed by atoms with Crippen molar-refractivity contribution in [1.82, 2.24) is 0 Å². The number of benzene rings is 2. The highest BCUT2D eigenvalue weighted by Crippen LogP contribution is 2.31. The lowest BCUT2D eigenvalue weighted by Gasteiger charge is -2.12. The molecule has 2 aromatic carbocycles. The summed E-state index contributed by atoms with van der Waals surface area (Å²) in [5.41, 5.74) is 1.80. The van der Waals surface area contributed by atoms with E-state index in [0.717, 1.165) is 10.0 Å². The van der Waals surface area contributed by atoms with Crippen molar-refractivity contribution in [2.24, 2.45) is 0 Å². The molecule has 0 aliphatic rings. The van der Waals surface area contributed by atoms with Gasteiger partial charge in [0, 0.05) is 10.2 Å². The first-order chi connectivity index (χ1) is 12.0. The number of rotatable bonds is 6. The number of hydrogen-bond acceptors (Lipinski definition) is 5. The highest BCUT2D eigenvalue weighted by atomic mass is 79.9. The second kappa shape index (κ2) is 8.53. The van der Waals surface area contributed by atoms with E-state index in [0.29, 0.717) is 11.4 Å². The Balaban J connectivity index is 2.00. The minimum absolute atomic E-state index is 0.189. The Morgan fingerprint density at radius 2 is 1.88 bits per heavy atom. The first-order valence-electron chi connectivity index (χ1n) is 7.40. The van der Waals surface area contributed by atoms with Crippen molar-refractivity contribution in [3.63, 3.8) is 0 Å². The van der Waals surface area contributed by atoms with Gasteiger partial charge in [0.2, 0.25) is 0 Å². The molecule has 25 heavy (non-hydrogen) atoms. The molecule has 0 atom stereocenters. The Hall–Kier alpha value is -2.54. The maximum Gasteiger partial charge on any atom is 0.342 e. The average Bonchev–Trinajstić information content (AvgIpc) is 2.61. The normalized spacial score (nSPS) is 10.1. The number of esters is 1. The van der Waals surface area contributed by atoms with Crippen LogP contribution in [0, 0.1) is 6.92 Å². The molecule has 1 N–H and O–H groups in total. The van der Waals surface area contributed by atoms with Crippen molar-refractivity contribution in [2.75, 3.05) is 26.1 Å². The number of nitrogens with one attached hydrogen (secondary N) is 1. The first-order valence-corrected chi connectivity index (χ1v) is 8.19. The van der Waals surface area contributed by atoms with Crippen molar-refractivity contribution in [3.8, 4) is 11.5 Å². The summed E-state index contributed by atoms with van der Waals surface area (Å²) in [7, 11) is 2.90. The third kappa shape index (κ3) is 4.73. The fourth-order valence-corrected chi connectivity index (χ4v) is 2.42. The van der Waals surface area contributed by atoms with Crippen molar-refractivity contribution < 1.29 is 23.8 Å². The van der Waals surface area contributed by atoms with Gasteiger partial charge in [-0.1, -0.05) is 22.0 Å². The minimum Gasteiger partial charge on any atom is -0.493 e. The zero-order valence-electron chi connectivity index (χ0n) is 14.1. The quantitative estimate of drug-likeness (QED) is 0.740. The summed E-state index contributed by atoms with van der Waals surface area (Å²) in [4.78, 5) is 24.2. The molecular weight excluding hydrogens is 390 g/mol. The van der Waals surface area contributed by atoms with Crippen LogP contribution >= 0.6 is 15.9 Å². The van der Waals surface area contributed by atoms with Crippen LogP contribution in [-0.2, 0) is 9.53 Å². The number of hydrogen-bond donors (Lipinski definition) is 1. The van der Waals surface area contributed by atoms with Crippen LogP contribution in [-0.4, -0.2) is 32.7 Å². The van der Waals surface area contributed by atoms with Crippen LogP contribution in [0.25, 0.3) is 0 Å². The number of ether oxygens (including phenoxy) is 3. The standard InChI is InChI=1S/C18H18BrNO5/c1-11-9-12(7-8-14(11)19)20-16(21)10-25-18(22)13-5-4-6-15(23-2)17(13)24-3/h4-9H,10H2,1-3H3,(H,20,21). The number of amides is 1. The fraction of sp³-hybridized carbons (Fsp3) is 0.222. The van der Waals surface area contributed by atoms with Crippen LogP contribution in [0.2, 0.25) is 0 Å². The Morgan fingerprint density at radius 1 is 1.12 bits per heavy atom. The lowest BCUT2D eigenvalue weighted by Crippen LogP contribution is -2.21. The van der Waals surface area contributed by atoms with E-state index >= 15 is 0 Å². The number of halogens is 1. The van der Waals surface area contributed by atoms with Crippen molar-refractivity contribution in [2.45, 2.75) is 6.92 Å². The summed E-state index contributed by atoms with van der Waals surface area (Å²) in [6, 6.07) is 10.2. The second-order valence-electron chi connectivity index (χ2n) is 5.13. The predicted molar refractivity (Wildman–Crippen MR) is 97.3 cm³/mol. The molecule has 2 rings (SSSR count). The molecule has 0 aromatic heterocycles. The highest BCUT2D eigenvalue weighted by molar-refractivity contribution is 9.10. The molecule has 6 nitrogen and oxygen atoms in total. The molecule has 0 heterocycles. The van der Waals surface area contributed by atoms with E-state index in [1.165, 1.54) is 14.2 Å². The van der Waals surface area contributed by atoms with Gasteiger partial charge in [0.25, 0.3) is 5.91 Å². The maximum atomic E-state index is 12.2. The van der Waals surface area contributed by atoms with Gasteiger partial charge in [-0.2, -0.15) is 0 Å². The molecule has 0 spiro atoms. The third-order valence-corrected chi connectivity index (χ3v) is 4.29. The monoisotopic (exact) mass is 407 g/mol. The number of anilines is 1. The van der Waals surface area contributed by atoms with Crippen molar-refractivity contribution in [3.05, 3.63) is 52.0 Å². The third-order valence-electron chi connectivity index (χ3n) is 3.40. The molecule has 0 saturated heterocycles. The van der Waals surface area contributed by atoms with Crippen molar-refractivity contribution in [1.29, 1.82) is 0 Å². The van der Waals surface area contributed by atoms with Crippen molar-refractivity contribution >= 4 is 33.5 Å². The minimum atomic E-state index is -0.669. The molecule has 0 bridgehead atoms. The van der Waals surface area contributed by atoms with E-state index in [1.807, 2.05) is 19.1 Å². The Morgan fingerprint density at radius 3 is 2.52 bits per heavy atom. The molecule has 0 fully saturated rings. The molecule has 0 aliphatic carbocycles. The summed E-state index contributed by atoms with van der Waals surface area (Å²) in [5.74, 6) is -0.430. The zero-order valence-corrected chi connectivity index (χ0v) is 15.7. The van der Waals surface area contributed by atoms with E-state index in [-0.39, 0.29) is 11.3 Å². The topological polar surface area (TPSA) is 73.9 Å². The molecule has 132 valence electrons. The Labute approximate surface area is 154 Å². The molecular formula is C18H18BrNO5. The molecule has 7 heteroatoms. The van der Waals surface area contributed by atoms with Gasteiger partial charge < -0.3 is 19.5 Å².